The topological polar surface area (TPSA) is 66.7 Å². The summed E-state index contributed by atoms with van der Waals surface area (Å²) in [6.45, 7) is 11.7. The van der Waals surface area contributed by atoms with Gasteiger partial charge in [0, 0.05) is 19.3 Å². The summed E-state index contributed by atoms with van der Waals surface area (Å²) in [5, 5.41) is 3.50. The highest BCUT2D eigenvalue weighted by molar-refractivity contribution is 5.94. The van der Waals surface area contributed by atoms with E-state index in [0.717, 1.165) is 25.2 Å². The summed E-state index contributed by atoms with van der Waals surface area (Å²) < 4.78 is 1.46. The maximum absolute atomic E-state index is 13.0. The van der Waals surface area contributed by atoms with Gasteiger partial charge in [0.1, 0.15) is 5.65 Å². The lowest BCUT2D eigenvalue weighted by Gasteiger charge is -2.18. The molecule has 0 spiro atoms. The monoisotopic (exact) mass is 452 g/mol. The van der Waals surface area contributed by atoms with E-state index in [1.165, 1.54) is 4.40 Å². The number of benzene rings is 1. The van der Waals surface area contributed by atoms with Crippen LogP contribution in [0.4, 0.5) is 0 Å². The largest absolute Gasteiger partial charge is 0.351 e. The molecule has 0 saturated carbocycles. The number of amides is 1. The Hall–Kier alpha value is -2.15. The van der Waals surface area contributed by atoms with Crippen molar-refractivity contribution >= 4 is 47.3 Å². The van der Waals surface area contributed by atoms with Crippen LogP contribution in [0.2, 0.25) is 0 Å². The number of rotatable bonds is 7. The highest BCUT2D eigenvalue weighted by atomic mass is 35.5. The Morgan fingerprint density at radius 2 is 1.83 bits per heavy atom. The van der Waals surface area contributed by atoms with Crippen LogP contribution >= 0.6 is 24.8 Å². The van der Waals surface area contributed by atoms with Crippen LogP contribution in [0, 0.1) is 0 Å². The van der Waals surface area contributed by atoms with Gasteiger partial charge >= 0.3 is 0 Å². The molecule has 0 bridgehead atoms. The molecule has 6 nitrogen and oxygen atoms in total. The zero-order valence-electron chi connectivity index (χ0n) is 17.8. The standard InChI is InChI=1S/C22H28N4O2.2ClH/c1-5-25(6-2)12-11-23-21(27)17-8-10-20-24-19-9-7-16(15(3)4)13-18(19)22(28)26(20)14-17;;/h7-10,13-15H,5-6,11-12H2,1-4H3,(H,23,27);2*1H. The summed E-state index contributed by atoms with van der Waals surface area (Å²) in [4.78, 5) is 32.3. The number of fused-ring (bicyclic) bond motifs is 2. The fraction of sp³-hybridized carbons (Fsp3) is 0.409. The van der Waals surface area contributed by atoms with Crippen molar-refractivity contribution in [2.24, 2.45) is 0 Å². The van der Waals surface area contributed by atoms with E-state index in [0.29, 0.717) is 34.6 Å². The molecule has 2 aromatic heterocycles. The summed E-state index contributed by atoms with van der Waals surface area (Å²) in [5.41, 5.74) is 2.60. The number of carbonyl (C=O) groups is 1. The van der Waals surface area contributed by atoms with Crippen LogP contribution in [-0.2, 0) is 0 Å². The fourth-order valence-corrected chi connectivity index (χ4v) is 3.29. The lowest BCUT2D eigenvalue weighted by Crippen LogP contribution is -2.35. The second-order valence-electron chi connectivity index (χ2n) is 7.28. The number of aromatic nitrogens is 2. The number of pyridine rings is 1. The van der Waals surface area contributed by atoms with Crippen molar-refractivity contribution in [3.8, 4) is 0 Å². The molecule has 0 saturated heterocycles. The number of hydrogen-bond donors (Lipinski definition) is 1. The molecule has 0 aliphatic rings. The van der Waals surface area contributed by atoms with Gasteiger partial charge in [-0.15, -0.1) is 24.8 Å². The maximum Gasteiger partial charge on any atom is 0.265 e. The molecule has 0 radical (unpaired) electrons. The molecular weight excluding hydrogens is 423 g/mol. The number of hydrogen-bond acceptors (Lipinski definition) is 4. The molecule has 164 valence electrons. The number of carbonyl (C=O) groups excluding carboxylic acids is 1. The van der Waals surface area contributed by atoms with E-state index < -0.39 is 0 Å². The van der Waals surface area contributed by atoms with Gasteiger partial charge in [-0.25, -0.2) is 4.98 Å². The Balaban J connectivity index is 0.00000225. The molecule has 30 heavy (non-hydrogen) atoms. The molecular formula is C22H30Cl2N4O2. The first-order valence-electron chi connectivity index (χ1n) is 9.91. The van der Waals surface area contributed by atoms with Gasteiger partial charge in [-0.05, 0) is 48.8 Å². The zero-order chi connectivity index (χ0) is 20.3. The van der Waals surface area contributed by atoms with E-state index in [1.54, 1.807) is 18.3 Å². The van der Waals surface area contributed by atoms with E-state index in [1.807, 2.05) is 18.2 Å². The average molecular weight is 453 g/mol. The number of nitrogens with one attached hydrogen (secondary N) is 1. The van der Waals surface area contributed by atoms with Crippen LogP contribution in [0.15, 0.2) is 41.3 Å². The minimum atomic E-state index is -0.183. The third-order valence-electron chi connectivity index (χ3n) is 5.17. The van der Waals surface area contributed by atoms with Gasteiger partial charge in [-0.1, -0.05) is 33.8 Å². The molecule has 0 fully saturated rings. The molecule has 0 aliphatic carbocycles. The van der Waals surface area contributed by atoms with Gasteiger partial charge in [-0.2, -0.15) is 0 Å². The summed E-state index contributed by atoms with van der Waals surface area (Å²) in [7, 11) is 0. The smallest absolute Gasteiger partial charge is 0.265 e. The van der Waals surface area contributed by atoms with Crippen LogP contribution in [0.5, 0.6) is 0 Å². The predicted octanol–water partition coefficient (Wildman–Crippen LogP) is 3.89. The van der Waals surface area contributed by atoms with Crippen LogP contribution < -0.4 is 10.9 Å². The molecule has 0 unspecified atom stereocenters. The van der Waals surface area contributed by atoms with Crippen molar-refractivity contribution < 1.29 is 4.79 Å². The highest BCUT2D eigenvalue weighted by Crippen LogP contribution is 2.19. The normalized spacial score (nSPS) is 10.9. The van der Waals surface area contributed by atoms with Gasteiger partial charge < -0.3 is 10.2 Å². The second kappa shape index (κ2) is 11.3. The minimum absolute atomic E-state index is 0. The number of nitrogens with zero attached hydrogens (tertiary/aromatic N) is 3. The van der Waals surface area contributed by atoms with Crippen LogP contribution in [0.25, 0.3) is 16.6 Å². The third-order valence-corrected chi connectivity index (χ3v) is 5.17. The van der Waals surface area contributed by atoms with Crippen LogP contribution in [0.1, 0.15) is 49.5 Å². The summed E-state index contributed by atoms with van der Waals surface area (Å²) in [6.07, 6.45) is 1.58. The lowest BCUT2D eigenvalue weighted by atomic mass is 10.0. The molecule has 8 heteroatoms. The van der Waals surface area contributed by atoms with Gasteiger partial charge in [0.25, 0.3) is 11.5 Å². The molecule has 1 N–H and O–H groups in total. The number of halogens is 2. The Labute approximate surface area is 189 Å². The average Bonchev–Trinajstić information content (AvgIpc) is 2.70. The Morgan fingerprint density at radius 1 is 1.13 bits per heavy atom. The summed E-state index contributed by atoms with van der Waals surface area (Å²) in [5.74, 6) is 0.143. The lowest BCUT2D eigenvalue weighted by molar-refractivity contribution is 0.0948. The van der Waals surface area contributed by atoms with Crippen LogP contribution in [0.3, 0.4) is 0 Å². The van der Waals surface area contributed by atoms with Crippen molar-refractivity contribution in [3.05, 3.63) is 58.0 Å². The SMILES string of the molecule is CCN(CC)CCNC(=O)c1ccc2nc3ccc(C(C)C)cc3c(=O)n2c1.Cl.Cl. The van der Waals surface area contributed by atoms with E-state index in [-0.39, 0.29) is 36.3 Å². The first-order chi connectivity index (χ1) is 13.4. The van der Waals surface area contributed by atoms with Crippen molar-refractivity contribution in [1.82, 2.24) is 19.6 Å². The number of likely N-dealkylation sites (N-methyl/N-ethyl adjacent to an activating group) is 1. The van der Waals surface area contributed by atoms with E-state index in [9.17, 15) is 9.59 Å². The first kappa shape index (κ1) is 25.9. The van der Waals surface area contributed by atoms with Crippen molar-refractivity contribution in [2.45, 2.75) is 33.6 Å². The third kappa shape index (κ3) is 5.50. The minimum Gasteiger partial charge on any atom is -0.351 e. The fourth-order valence-electron chi connectivity index (χ4n) is 3.29. The van der Waals surface area contributed by atoms with Gasteiger partial charge in [0.2, 0.25) is 0 Å². The van der Waals surface area contributed by atoms with E-state index in [2.05, 4.69) is 42.9 Å². The molecule has 1 aromatic carbocycles. The molecule has 0 atom stereocenters. The van der Waals surface area contributed by atoms with Crippen molar-refractivity contribution in [1.29, 1.82) is 0 Å². The highest BCUT2D eigenvalue weighted by Gasteiger charge is 2.11. The molecule has 3 rings (SSSR count). The second-order valence-corrected chi connectivity index (χ2v) is 7.28. The quantitative estimate of drug-likeness (QED) is 0.552. The molecule has 3 aromatic rings. The maximum atomic E-state index is 13.0. The first-order valence-corrected chi connectivity index (χ1v) is 9.91. The summed E-state index contributed by atoms with van der Waals surface area (Å²) in [6, 6.07) is 9.23. The van der Waals surface area contributed by atoms with E-state index >= 15 is 0 Å². The molecule has 2 heterocycles. The Kier molecular flexibility index (Phi) is 9.75. The Morgan fingerprint density at radius 3 is 2.47 bits per heavy atom. The Bertz CT molecular complexity index is 1060. The van der Waals surface area contributed by atoms with Gasteiger partial charge in [0.15, 0.2) is 0 Å². The van der Waals surface area contributed by atoms with Gasteiger partial charge in [0.05, 0.1) is 16.5 Å². The van der Waals surface area contributed by atoms with E-state index in [4.69, 9.17) is 0 Å². The van der Waals surface area contributed by atoms with Crippen LogP contribution in [-0.4, -0.2) is 46.4 Å². The molecule has 0 aliphatic heterocycles. The van der Waals surface area contributed by atoms with Crippen molar-refractivity contribution in [3.63, 3.8) is 0 Å². The summed E-state index contributed by atoms with van der Waals surface area (Å²) >= 11 is 0. The zero-order valence-corrected chi connectivity index (χ0v) is 19.5. The molecule has 1 amide bonds. The van der Waals surface area contributed by atoms with Crippen molar-refractivity contribution in [2.75, 3.05) is 26.2 Å². The predicted molar refractivity (Wildman–Crippen MR) is 128 cm³/mol. The van der Waals surface area contributed by atoms with Gasteiger partial charge in [-0.3, -0.25) is 14.0 Å².